The lowest BCUT2D eigenvalue weighted by molar-refractivity contribution is -0.139. The summed E-state index contributed by atoms with van der Waals surface area (Å²) in [5.74, 6) is -0.330. The number of carbonyl (C=O) groups is 1. The molecule has 8 heteroatoms. The van der Waals surface area contributed by atoms with Crippen molar-refractivity contribution in [1.82, 2.24) is 5.32 Å². The van der Waals surface area contributed by atoms with Crippen LogP contribution < -0.4 is 15.8 Å². The van der Waals surface area contributed by atoms with E-state index in [2.05, 4.69) is 5.32 Å². The van der Waals surface area contributed by atoms with E-state index in [4.69, 9.17) is 15.2 Å². The normalized spacial score (nSPS) is 17.4. The van der Waals surface area contributed by atoms with Gasteiger partial charge in [-0.2, -0.15) is 13.2 Å². The molecule has 1 aromatic rings. The Balaban J connectivity index is 2.14. The first-order valence-electron chi connectivity index (χ1n) is 8.13. The van der Waals surface area contributed by atoms with Gasteiger partial charge in [-0.1, -0.05) is 6.07 Å². The first kappa shape index (κ1) is 19.5. The minimum absolute atomic E-state index is 0.0346. The standard InChI is InChI=1S/C17H23F3N2O3/c1-11(2)25-13-4-3-12(14(9-13)17(18,19)20)10-22-15(23)16(21)5-7-24-8-6-16/h3-4,9,11H,5-8,10,21H2,1-2H3,(H,22,23). The SMILES string of the molecule is CC(C)Oc1ccc(CNC(=O)C2(N)CCOCC2)c(C(F)(F)F)c1. The first-order valence-corrected chi connectivity index (χ1v) is 8.13. The summed E-state index contributed by atoms with van der Waals surface area (Å²) < 4.78 is 50.4. The fourth-order valence-corrected chi connectivity index (χ4v) is 2.63. The van der Waals surface area contributed by atoms with Gasteiger partial charge in [-0.05, 0) is 44.4 Å². The van der Waals surface area contributed by atoms with E-state index in [0.717, 1.165) is 6.07 Å². The quantitative estimate of drug-likeness (QED) is 0.847. The van der Waals surface area contributed by atoms with E-state index >= 15 is 0 Å². The van der Waals surface area contributed by atoms with Crippen molar-refractivity contribution in [3.05, 3.63) is 29.3 Å². The van der Waals surface area contributed by atoms with Gasteiger partial charge in [0.15, 0.2) is 0 Å². The van der Waals surface area contributed by atoms with Crippen LogP contribution in [0.2, 0.25) is 0 Å². The Morgan fingerprint density at radius 2 is 2.00 bits per heavy atom. The van der Waals surface area contributed by atoms with Crippen molar-refractivity contribution in [2.75, 3.05) is 13.2 Å². The minimum Gasteiger partial charge on any atom is -0.491 e. The third-order valence-corrected chi connectivity index (χ3v) is 4.04. The highest BCUT2D eigenvalue weighted by Gasteiger charge is 2.37. The van der Waals surface area contributed by atoms with Crippen LogP contribution in [0.15, 0.2) is 18.2 Å². The molecule has 0 atom stereocenters. The summed E-state index contributed by atoms with van der Waals surface area (Å²) in [5.41, 5.74) is 4.07. The lowest BCUT2D eigenvalue weighted by atomic mass is 9.90. The fourth-order valence-electron chi connectivity index (χ4n) is 2.63. The van der Waals surface area contributed by atoms with Gasteiger partial charge in [0.05, 0.1) is 17.2 Å². The number of hydrogen-bond donors (Lipinski definition) is 2. The van der Waals surface area contributed by atoms with E-state index in [1.54, 1.807) is 13.8 Å². The van der Waals surface area contributed by atoms with Crippen molar-refractivity contribution in [3.63, 3.8) is 0 Å². The van der Waals surface area contributed by atoms with Crippen LogP contribution in [-0.4, -0.2) is 30.8 Å². The molecule has 2 rings (SSSR count). The van der Waals surface area contributed by atoms with E-state index in [1.807, 2.05) is 0 Å². The smallest absolute Gasteiger partial charge is 0.416 e. The Labute approximate surface area is 144 Å². The molecule has 1 aliphatic rings. The molecule has 0 aliphatic carbocycles. The van der Waals surface area contributed by atoms with Crippen LogP contribution in [0, 0.1) is 0 Å². The average molecular weight is 360 g/mol. The molecule has 0 unspecified atom stereocenters. The molecular formula is C17H23F3N2O3. The van der Waals surface area contributed by atoms with Gasteiger partial charge < -0.3 is 20.5 Å². The summed E-state index contributed by atoms with van der Waals surface area (Å²) in [6.07, 6.45) is -4.11. The second-order valence-corrected chi connectivity index (χ2v) is 6.43. The molecule has 25 heavy (non-hydrogen) atoms. The molecule has 0 aromatic heterocycles. The lowest BCUT2D eigenvalue weighted by Gasteiger charge is -2.31. The first-order chi connectivity index (χ1) is 11.6. The minimum atomic E-state index is -4.55. The summed E-state index contributed by atoms with van der Waals surface area (Å²) in [5, 5.41) is 2.52. The summed E-state index contributed by atoms with van der Waals surface area (Å²) in [6.45, 7) is 3.93. The molecule has 1 saturated heterocycles. The van der Waals surface area contributed by atoms with E-state index < -0.39 is 23.2 Å². The Morgan fingerprint density at radius 1 is 1.36 bits per heavy atom. The van der Waals surface area contributed by atoms with Crippen LogP contribution in [0.25, 0.3) is 0 Å². The molecule has 140 valence electrons. The highest BCUT2D eigenvalue weighted by molar-refractivity contribution is 5.86. The molecule has 3 N–H and O–H groups in total. The number of alkyl halides is 3. The van der Waals surface area contributed by atoms with Gasteiger partial charge in [-0.25, -0.2) is 0 Å². The van der Waals surface area contributed by atoms with Gasteiger partial charge >= 0.3 is 6.18 Å². The van der Waals surface area contributed by atoms with Crippen LogP contribution in [0.1, 0.15) is 37.8 Å². The largest absolute Gasteiger partial charge is 0.491 e. The van der Waals surface area contributed by atoms with Gasteiger partial charge in [0, 0.05) is 19.8 Å². The molecule has 1 aliphatic heterocycles. The number of carbonyl (C=O) groups excluding carboxylic acids is 1. The van der Waals surface area contributed by atoms with Gasteiger partial charge in [0.1, 0.15) is 5.75 Å². The second-order valence-electron chi connectivity index (χ2n) is 6.43. The van der Waals surface area contributed by atoms with Gasteiger partial charge in [-0.15, -0.1) is 0 Å². The fraction of sp³-hybridized carbons (Fsp3) is 0.588. The highest BCUT2D eigenvalue weighted by Crippen LogP contribution is 2.34. The number of halogens is 3. The van der Waals surface area contributed by atoms with Crippen LogP contribution in [0.5, 0.6) is 5.75 Å². The Hall–Kier alpha value is -1.80. The molecule has 0 radical (unpaired) electrons. The molecule has 1 fully saturated rings. The molecular weight excluding hydrogens is 337 g/mol. The van der Waals surface area contributed by atoms with Crippen LogP contribution in [0.4, 0.5) is 13.2 Å². The maximum absolute atomic E-state index is 13.3. The van der Waals surface area contributed by atoms with E-state index in [1.165, 1.54) is 12.1 Å². The molecule has 1 amide bonds. The second kappa shape index (κ2) is 7.61. The number of ether oxygens (including phenoxy) is 2. The van der Waals surface area contributed by atoms with E-state index in [9.17, 15) is 18.0 Å². The number of rotatable bonds is 5. The highest BCUT2D eigenvalue weighted by atomic mass is 19.4. The predicted molar refractivity (Wildman–Crippen MR) is 86.0 cm³/mol. The molecule has 1 heterocycles. The van der Waals surface area contributed by atoms with Gasteiger partial charge in [0.25, 0.3) is 0 Å². The summed E-state index contributed by atoms with van der Waals surface area (Å²) in [6, 6.07) is 3.73. The third kappa shape index (κ3) is 5.09. The molecule has 1 aromatic carbocycles. The van der Waals surface area contributed by atoms with Crippen molar-refractivity contribution in [3.8, 4) is 5.75 Å². The Bertz CT molecular complexity index is 612. The van der Waals surface area contributed by atoms with Crippen LogP contribution >= 0.6 is 0 Å². The van der Waals surface area contributed by atoms with Crippen molar-refractivity contribution in [2.45, 2.75) is 51.1 Å². The van der Waals surface area contributed by atoms with Crippen molar-refractivity contribution < 1.29 is 27.4 Å². The number of amides is 1. The van der Waals surface area contributed by atoms with Crippen molar-refractivity contribution >= 4 is 5.91 Å². The molecule has 5 nitrogen and oxygen atoms in total. The molecule has 0 spiro atoms. The predicted octanol–water partition coefficient (Wildman–Crippen LogP) is 2.62. The summed E-state index contributed by atoms with van der Waals surface area (Å²) in [7, 11) is 0. The maximum Gasteiger partial charge on any atom is 0.416 e. The zero-order chi connectivity index (χ0) is 18.7. The van der Waals surface area contributed by atoms with Crippen molar-refractivity contribution in [1.29, 1.82) is 0 Å². The molecule has 0 bridgehead atoms. The van der Waals surface area contributed by atoms with Crippen LogP contribution in [-0.2, 0) is 22.3 Å². The number of nitrogens with two attached hydrogens (primary N) is 1. The van der Waals surface area contributed by atoms with Crippen molar-refractivity contribution in [2.24, 2.45) is 5.73 Å². The number of nitrogens with one attached hydrogen (secondary N) is 1. The topological polar surface area (TPSA) is 73.6 Å². The summed E-state index contributed by atoms with van der Waals surface area (Å²) in [4.78, 5) is 12.3. The van der Waals surface area contributed by atoms with E-state index in [0.29, 0.717) is 26.1 Å². The van der Waals surface area contributed by atoms with Crippen LogP contribution in [0.3, 0.4) is 0 Å². The average Bonchev–Trinajstić information content (AvgIpc) is 2.52. The zero-order valence-corrected chi connectivity index (χ0v) is 14.3. The monoisotopic (exact) mass is 360 g/mol. The zero-order valence-electron chi connectivity index (χ0n) is 14.3. The van der Waals surface area contributed by atoms with E-state index in [-0.39, 0.29) is 24.0 Å². The molecule has 0 saturated carbocycles. The summed E-state index contributed by atoms with van der Waals surface area (Å²) >= 11 is 0. The number of benzene rings is 1. The third-order valence-electron chi connectivity index (χ3n) is 4.04. The number of hydrogen-bond acceptors (Lipinski definition) is 4. The van der Waals surface area contributed by atoms with Gasteiger partial charge in [0.2, 0.25) is 5.91 Å². The Morgan fingerprint density at radius 3 is 2.56 bits per heavy atom. The van der Waals surface area contributed by atoms with Gasteiger partial charge in [-0.3, -0.25) is 4.79 Å². The Kier molecular flexibility index (Phi) is 5.95. The maximum atomic E-state index is 13.3. The lowest BCUT2D eigenvalue weighted by Crippen LogP contribution is -2.56.